The molecule has 0 spiro atoms. The van der Waals surface area contributed by atoms with Gasteiger partial charge in [-0.05, 0) is 25.0 Å². The van der Waals surface area contributed by atoms with Crippen LogP contribution in [0.2, 0.25) is 0 Å². The van der Waals surface area contributed by atoms with E-state index in [1.165, 1.54) is 0 Å². The van der Waals surface area contributed by atoms with Crippen molar-refractivity contribution < 1.29 is 13.2 Å². The molecular formula is C15H21BrO3S. The minimum atomic E-state index is -3.00. The number of hydrogen-bond acceptors (Lipinski definition) is 3. The Morgan fingerprint density at radius 1 is 1.05 bits per heavy atom. The Morgan fingerprint density at radius 3 is 2.25 bits per heavy atom. The summed E-state index contributed by atoms with van der Waals surface area (Å²) in [5.41, 5.74) is 0.636. The van der Waals surface area contributed by atoms with Gasteiger partial charge in [-0.2, -0.15) is 0 Å². The van der Waals surface area contributed by atoms with Crippen LogP contribution in [0.3, 0.4) is 0 Å². The van der Waals surface area contributed by atoms with Crippen LogP contribution in [0.5, 0.6) is 0 Å². The second-order valence-corrected chi connectivity index (χ2v) is 8.11. The van der Waals surface area contributed by atoms with Gasteiger partial charge in [-0.25, -0.2) is 8.42 Å². The maximum atomic E-state index is 11.9. The standard InChI is InChI=1S/C15H21BrO3S/c1-2-3-4-11-20(18,19)12-5-6-15(17)13-7-9-14(16)10-8-13/h7-10H,2-6,11-12H2,1H3. The predicted octanol–water partition coefficient (Wildman–Crippen LogP) is 4.02. The molecule has 0 bridgehead atoms. The monoisotopic (exact) mass is 360 g/mol. The lowest BCUT2D eigenvalue weighted by Crippen LogP contribution is -2.12. The lowest BCUT2D eigenvalue weighted by atomic mass is 10.1. The smallest absolute Gasteiger partial charge is 0.162 e. The van der Waals surface area contributed by atoms with Crippen molar-refractivity contribution in [3.8, 4) is 0 Å². The molecule has 0 aromatic heterocycles. The van der Waals surface area contributed by atoms with Gasteiger partial charge in [-0.1, -0.05) is 47.8 Å². The molecule has 0 N–H and O–H groups in total. The van der Waals surface area contributed by atoms with E-state index in [1.54, 1.807) is 12.1 Å². The number of ketones is 1. The molecule has 0 heterocycles. The first-order valence-corrected chi connectivity index (χ1v) is 9.55. The van der Waals surface area contributed by atoms with Crippen molar-refractivity contribution in [1.82, 2.24) is 0 Å². The molecule has 1 aromatic carbocycles. The van der Waals surface area contributed by atoms with Gasteiger partial charge in [0.15, 0.2) is 5.78 Å². The van der Waals surface area contributed by atoms with Crippen LogP contribution in [0.25, 0.3) is 0 Å². The van der Waals surface area contributed by atoms with Crippen LogP contribution in [0.4, 0.5) is 0 Å². The first kappa shape index (κ1) is 17.4. The summed E-state index contributed by atoms with van der Waals surface area (Å²) in [7, 11) is -3.00. The van der Waals surface area contributed by atoms with E-state index in [0.717, 1.165) is 23.7 Å². The van der Waals surface area contributed by atoms with Crippen LogP contribution < -0.4 is 0 Å². The summed E-state index contributed by atoms with van der Waals surface area (Å²) >= 11 is 3.31. The lowest BCUT2D eigenvalue weighted by Gasteiger charge is -2.04. The zero-order chi connectivity index (χ0) is 15.0. The Balaban J connectivity index is 2.36. The molecule has 112 valence electrons. The van der Waals surface area contributed by atoms with Crippen molar-refractivity contribution in [2.24, 2.45) is 0 Å². The predicted molar refractivity (Wildman–Crippen MR) is 85.9 cm³/mol. The van der Waals surface area contributed by atoms with Gasteiger partial charge >= 0.3 is 0 Å². The molecule has 0 aliphatic rings. The van der Waals surface area contributed by atoms with Gasteiger partial charge in [0.05, 0.1) is 11.5 Å². The van der Waals surface area contributed by atoms with Gasteiger partial charge in [0.1, 0.15) is 9.84 Å². The van der Waals surface area contributed by atoms with E-state index in [9.17, 15) is 13.2 Å². The summed E-state index contributed by atoms with van der Waals surface area (Å²) in [5, 5.41) is 0. The number of hydrogen-bond donors (Lipinski definition) is 0. The molecule has 1 aromatic rings. The average molecular weight is 361 g/mol. The fourth-order valence-corrected chi connectivity index (χ4v) is 3.60. The minimum Gasteiger partial charge on any atom is -0.294 e. The minimum absolute atomic E-state index is 0.00116. The van der Waals surface area contributed by atoms with Crippen molar-refractivity contribution in [2.45, 2.75) is 39.0 Å². The zero-order valence-corrected chi connectivity index (χ0v) is 14.2. The van der Waals surface area contributed by atoms with Gasteiger partial charge in [0, 0.05) is 16.5 Å². The van der Waals surface area contributed by atoms with Gasteiger partial charge in [0.2, 0.25) is 0 Å². The number of carbonyl (C=O) groups is 1. The lowest BCUT2D eigenvalue weighted by molar-refractivity contribution is 0.0982. The summed E-state index contributed by atoms with van der Waals surface area (Å²) in [6.45, 7) is 2.05. The SMILES string of the molecule is CCCCCS(=O)(=O)CCCC(=O)c1ccc(Br)cc1. The van der Waals surface area contributed by atoms with Crippen LogP contribution in [0.1, 0.15) is 49.4 Å². The highest BCUT2D eigenvalue weighted by atomic mass is 79.9. The number of unbranched alkanes of at least 4 members (excludes halogenated alkanes) is 2. The van der Waals surface area contributed by atoms with Gasteiger partial charge in [-0.15, -0.1) is 0 Å². The topological polar surface area (TPSA) is 51.2 Å². The molecule has 5 heteroatoms. The van der Waals surface area contributed by atoms with Crippen LogP contribution in [0.15, 0.2) is 28.7 Å². The zero-order valence-electron chi connectivity index (χ0n) is 11.8. The third-order valence-corrected chi connectivity index (χ3v) is 5.43. The van der Waals surface area contributed by atoms with Gasteiger partial charge in [0.25, 0.3) is 0 Å². The summed E-state index contributed by atoms with van der Waals surface area (Å²) in [6, 6.07) is 7.13. The van der Waals surface area contributed by atoms with E-state index in [1.807, 2.05) is 19.1 Å². The van der Waals surface area contributed by atoms with Crippen molar-refractivity contribution >= 4 is 31.6 Å². The second kappa shape index (κ2) is 8.57. The average Bonchev–Trinajstić information content (AvgIpc) is 2.39. The molecular weight excluding hydrogens is 340 g/mol. The Kier molecular flexibility index (Phi) is 7.45. The maximum Gasteiger partial charge on any atom is 0.162 e. The molecule has 0 saturated heterocycles. The van der Waals surface area contributed by atoms with Crippen LogP contribution >= 0.6 is 15.9 Å². The van der Waals surface area contributed by atoms with Gasteiger partial charge in [-0.3, -0.25) is 4.79 Å². The Morgan fingerprint density at radius 2 is 1.65 bits per heavy atom. The number of benzene rings is 1. The molecule has 0 aliphatic heterocycles. The Labute approximate surface area is 129 Å². The van der Waals surface area contributed by atoms with Crippen molar-refractivity contribution in [3.05, 3.63) is 34.3 Å². The van der Waals surface area contributed by atoms with E-state index >= 15 is 0 Å². The molecule has 0 saturated carbocycles. The number of rotatable bonds is 9. The largest absolute Gasteiger partial charge is 0.294 e. The van der Waals surface area contributed by atoms with E-state index in [0.29, 0.717) is 12.0 Å². The molecule has 0 radical (unpaired) electrons. The molecule has 0 amide bonds. The normalized spacial score (nSPS) is 11.5. The second-order valence-electron chi connectivity index (χ2n) is 4.89. The first-order valence-electron chi connectivity index (χ1n) is 6.94. The fourth-order valence-electron chi connectivity index (χ4n) is 1.91. The van der Waals surface area contributed by atoms with Crippen molar-refractivity contribution in [3.63, 3.8) is 0 Å². The fraction of sp³-hybridized carbons (Fsp3) is 0.533. The maximum absolute atomic E-state index is 11.9. The van der Waals surface area contributed by atoms with Crippen molar-refractivity contribution in [2.75, 3.05) is 11.5 Å². The highest BCUT2D eigenvalue weighted by Gasteiger charge is 2.12. The number of carbonyl (C=O) groups excluding carboxylic acids is 1. The number of Topliss-reactive ketones (excluding diaryl/α,β-unsaturated/α-hetero) is 1. The van der Waals surface area contributed by atoms with E-state index < -0.39 is 9.84 Å². The van der Waals surface area contributed by atoms with Crippen LogP contribution in [-0.2, 0) is 9.84 Å². The number of halogens is 1. The summed E-state index contributed by atoms with van der Waals surface area (Å²) in [5.74, 6) is 0.355. The molecule has 0 atom stereocenters. The molecule has 20 heavy (non-hydrogen) atoms. The third-order valence-electron chi connectivity index (χ3n) is 3.08. The highest BCUT2D eigenvalue weighted by molar-refractivity contribution is 9.10. The van der Waals surface area contributed by atoms with Crippen LogP contribution in [-0.4, -0.2) is 25.7 Å². The molecule has 0 aliphatic carbocycles. The van der Waals surface area contributed by atoms with Crippen molar-refractivity contribution in [1.29, 1.82) is 0 Å². The van der Waals surface area contributed by atoms with E-state index in [-0.39, 0.29) is 23.7 Å². The molecule has 0 unspecified atom stereocenters. The molecule has 1 rings (SSSR count). The highest BCUT2D eigenvalue weighted by Crippen LogP contribution is 2.13. The summed E-state index contributed by atoms with van der Waals surface area (Å²) in [4.78, 5) is 11.9. The molecule has 3 nitrogen and oxygen atoms in total. The third kappa shape index (κ3) is 6.66. The van der Waals surface area contributed by atoms with Crippen LogP contribution in [0, 0.1) is 0 Å². The van der Waals surface area contributed by atoms with Gasteiger partial charge < -0.3 is 0 Å². The Hall–Kier alpha value is -0.680. The molecule has 0 fully saturated rings. The van der Waals surface area contributed by atoms with E-state index in [2.05, 4.69) is 15.9 Å². The van der Waals surface area contributed by atoms with E-state index in [4.69, 9.17) is 0 Å². The quantitative estimate of drug-likeness (QED) is 0.493. The summed E-state index contributed by atoms with van der Waals surface area (Å²) < 4.78 is 24.4. The first-order chi connectivity index (χ1) is 9.44. The number of sulfone groups is 1. The summed E-state index contributed by atoms with van der Waals surface area (Å²) in [6.07, 6.45) is 3.37. The Bertz CT molecular complexity index is 521.